The van der Waals surface area contributed by atoms with Crippen molar-refractivity contribution in [3.8, 4) is 0 Å². The molecule has 1 aromatic rings. The summed E-state index contributed by atoms with van der Waals surface area (Å²) in [5.41, 5.74) is 1.09. The Morgan fingerprint density at radius 1 is 1.35 bits per heavy atom. The summed E-state index contributed by atoms with van der Waals surface area (Å²) in [6.07, 6.45) is 3.14. The van der Waals surface area contributed by atoms with Gasteiger partial charge in [0.2, 0.25) is 0 Å². The van der Waals surface area contributed by atoms with Gasteiger partial charge in [-0.15, -0.1) is 0 Å². The number of hydrogen-bond donors (Lipinski definition) is 0. The summed E-state index contributed by atoms with van der Waals surface area (Å²) in [6.45, 7) is 7.47. The zero-order valence-electron chi connectivity index (χ0n) is 10.7. The lowest BCUT2D eigenvalue weighted by Crippen LogP contribution is -2.25. The van der Waals surface area contributed by atoms with Gasteiger partial charge in [-0.1, -0.05) is 13.8 Å². The Morgan fingerprint density at radius 3 is 2.53 bits per heavy atom. The molecular formula is C13H18N2O2. The predicted octanol–water partition coefficient (Wildman–Crippen LogP) is 2.76. The average Bonchev–Trinajstić information content (AvgIpc) is 2.25. The van der Waals surface area contributed by atoms with Crippen LogP contribution >= 0.6 is 0 Å². The van der Waals surface area contributed by atoms with Gasteiger partial charge in [0.1, 0.15) is 5.71 Å². The van der Waals surface area contributed by atoms with E-state index in [1.165, 1.54) is 0 Å². The zero-order chi connectivity index (χ0) is 12.8. The summed E-state index contributed by atoms with van der Waals surface area (Å²) in [4.78, 5) is 20.1. The average molecular weight is 234 g/mol. The number of carbonyl (C=O) groups excluding carboxylic acids is 1. The molecule has 0 aliphatic carbocycles. The van der Waals surface area contributed by atoms with E-state index < -0.39 is 0 Å². The molecule has 1 aromatic heterocycles. The van der Waals surface area contributed by atoms with Gasteiger partial charge in [-0.3, -0.25) is 4.98 Å². The quantitative estimate of drug-likeness (QED) is 0.594. The summed E-state index contributed by atoms with van der Waals surface area (Å²) >= 11 is 0. The van der Waals surface area contributed by atoms with Crippen LogP contribution in [0.2, 0.25) is 0 Å². The van der Waals surface area contributed by atoms with Crippen molar-refractivity contribution >= 4 is 17.4 Å². The lowest BCUT2D eigenvalue weighted by molar-refractivity contribution is -0.139. The molecule has 17 heavy (non-hydrogen) atoms. The van der Waals surface area contributed by atoms with E-state index in [9.17, 15) is 4.79 Å². The molecule has 0 N–H and O–H groups in total. The van der Waals surface area contributed by atoms with E-state index in [0.29, 0.717) is 11.4 Å². The summed E-state index contributed by atoms with van der Waals surface area (Å²) in [6, 6.07) is 3.59. The van der Waals surface area contributed by atoms with Gasteiger partial charge in [0.25, 0.3) is 0 Å². The standard InChI is InChI=1S/C13H18N2O2/c1-9(2)12(13(16)17-10(3)4)15-11-6-5-7-14-8-11/h5-10H,1-4H3/b15-12-. The number of hydrogen-bond acceptors (Lipinski definition) is 4. The molecule has 0 spiro atoms. The molecule has 0 fully saturated rings. The highest BCUT2D eigenvalue weighted by Gasteiger charge is 2.18. The van der Waals surface area contributed by atoms with Crippen molar-refractivity contribution in [1.82, 2.24) is 4.98 Å². The van der Waals surface area contributed by atoms with Crippen molar-refractivity contribution in [3.05, 3.63) is 24.5 Å². The first kappa shape index (κ1) is 13.4. The Labute approximate surface area is 102 Å². The van der Waals surface area contributed by atoms with E-state index in [1.807, 2.05) is 27.7 Å². The molecule has 0 aliphatic heterocycles. The maximum atomic E-state index is 11.8. The number of pyridine rings is 1. The van der Waals surface area contributed by atoms with E-state index in [1.54, 1.807) is 24.5 Å². The first-order valence-corrected chi connectivity index (χ1v) is 5.70. The molecule has 4 heteroatoms. The summed E-state index contributed by atoms with van der Waals surface area (Å²) in [5, 5.41) is 0. The zero-order valence-corrected chi connectivity index (χ0v) is 10.7. The first-order valence-electron chi connectivity index (χ1n) is 5.70. The van der Waals surface area contributed by atoms with Crippen molar-refractivity contribution in [3.63, 3.8) is 0 Å². The lowest BCUT2D eigenvalue weighted by atomic mass is 10.1. The number of ether oxygens (including phenoxy) is 1. The fraction of sp³-hybridized carbons (Fsp3) is 0.462. The second kappa shape index (κ2) is 6.13. The molecule has 0 bridgehead atoms. The SMILES string of the molecule is CC(C)OC(=O)/C(=N\c1cccnc1)C(C)C. The molecule has 4 nitrogen and oxygen atoms in total. The maximum Gasteiger partial charge on any atom is 0.353 e. The van der Waals surface area contributed by atoms with Crippen LogP contribution < -0.4 is 0 Å². The third-order valence-electron chi connectivity index (χ3n) is 1.99. The molecule has 0 aliphatic rings. The molecule has 0 amide bonds. The molecule has 0 atom stereocenters. The fourth-order valence-electron chi connectivity index (χ4n) is 1.24. The normalized spacial score (nSPS) is 12.0. The van der Waals surface area contributed by atoms with Crippen LogP contribution in [0.1, 0.15) is 27.7 Å². The van der Waals surface area contributed by atoms with Gasteiger partial charge in [0.05, 0.1) is 18.0 Å². The van der Waals surface area contributed by atoms with Gasteiger partial charge < -0.3 is 4.74 Å². The highest BCUT2D eigenvalue weighted by atomic mass is 16.5. The Hall–Kier alpha value is -1.71. The predicted molar refractivity (Wildman–Crippen MR) is 67.4 cm³/mol. The molecule has 0 saturated heterocycles. The van der Waals surface area contributed by atoms with Crippen LogP contribution in [0.5, 0.6) is 0 Å². The van der Waals surface area contributed by atoms with E-state index in [2.05, 4.69) is 9.98 Å². The molecule has 0 unspecified atom stereocenters. The number of rotatable bonds is 4. The number of carbonyl (C=O) groups is 1. The van der Waals surface area contributed by atoms with Gasteiger partial charge >= 0.3 is 5.97 Å². The highest BCUT2D eigenvalue weighted by Crippen LogP contribution is 2.12. The monoisotopic (exact) mass is 234 g/mol. The third kappa shape index (κ3) is 4.34. The minimum Gasteiger partial charge on any atom is -0.458 e. The summed E-state index contributed by atoms with van der Waals surface area (Å²) in [5.74, 6) is -0.347. The van der Waals surface area contributed by atoms with Crippen LogP contribution in [0, 0.1) is 5.92 Å². The van der Waals surface area contributed by atoms with Crippen molar-refractivity contribution in [1.29, 1.82) is 0 Å². The van der Waals surface area contributed by atoms with Crippen molar-refractivity contribution in [2.24, 2.45) is 10.9 Å². The largest absolute Gasteiger partial charge is 0.458 e. The lowest BCUT2D eigenvalue weighted by Gasteiger charge is -2.12. The topological polar surface area (TPSA) is 51.5 Å². The van der Waals surface area contributed by atoms with Crippen LogP contribution in [-0.4, -0.2) is 22.8 Å². The van der Waals surface area contributed by atoms with E-state index >= 15 is 0 Å². The van der Waals surface area contributed by atoms with E-state index in [4.69, 9.17) is 4.74 Å². The molecule has 1 heterocycles. The maximum absolute atomic E-state index is 11.8. The first-order chi connectivity index (χ1) is 8.00. The minimum atomic E-state index is -0.362. The number of esters is 1. The fourth-order valence-corrected chi connectivity index (χ4v) is 1.24. The summed E-state index contributed by atoms with van der Waals surface area (Å²) < 4.78 is 5.16. The van der Waals surface area contributed by atoms with Gasteiger partial charge in [0.15, 0.2) is 0 Å². The second-order valence-electron chi connectivity index (χ2n) is 4.32. The van der Waals surface area contributed by atoms with Crippen LogP contribution in [0.25, 0.3) is 0 Å². The number of aromatic nitrogens is 1. The molecule has 0 saturated carbocycles. The Morgan fingerprint density at radius 2 is 2.06 bits per heavy atom. The molecular weight excluding hydrogens is 216 g/mol. The Balaban J connectivity index is 2.94. The minimum absolute atomic E-state index is 0.0152. The summed E-state index contributed by atoms with van der Waals surface area (Å²) in [7, 11) is 0. The van der Waals surface area contributed by atoms with Crippen LogP contribution in [0.4, 0.5) is 5.69 Å². The number of aliphatic imine (C=N–C) groups is 1. The Bertz CT molecular complexity index is 397. The molecule has 92 valence electrons. The smallest absolute Gasteiger partial charge is 0.353 e. The molecule has 0 aromatic carbocycles. The van der Waals surface area contributed by atoms with Crippen molar-refractivity contribution in [2.45, 2.75) is 33.8 Å². The highest BCUT2D eigenvalue weighted by molar-refractivity contribution is 6.37. The van der Waals surface area contributed by atoms with Gasteiger partial charge in [-0.25, -0.2) is 9.79 Å². The van der Waals surface area contributed by atoms with E-state index in [0.717, 1.165) is 0 Å². The van der Waals surface area contributed by atoms with Crippen LogP contribution in [0.3, 0.4) is 0 Å². The van der Waals surface area contributed by atoms with E-state index in [-0.39, 0.29) is 18.0 Å². The van der Waals surface area contributed by atoms with Crippen LogP contribution in [0.15, 0.2) is 29.5 Å². The third-order valence-corrected chi connectivity index (χ3v) is 1.99. The van der Waals surface area contributed by atoms with Crippen molar-refractivity contribution < 1.29 is 9.53 Å². The second-order valence-corrected chi connectivity index (χ2v) is 4.32. The van der Waals surface area contributed by atoms with Gasteiger partial charge in [-0.05, 0) is 26.0 Å². The number of nitrogens with zero attached hydrogens (tertiary/aromatic N) is 2. The van der Waals surface area contributed by atoms with Gasteiger partial charge in [0, 0.05) is 12.1 Å². The van der Waals surface area contributed by atoms with Gasteiger partial charge in [-0.2, -0.15) is 0 Å². The molecule has 1 rings (SSSR count). The Kier molecular flexibility index (Phi) is 4.82. The molecule has 0 radical (unpaired) electrons. The van der Waals surface area contributed by atoms with Crippen molar-refractivity contribution in [2.75, 3.05) is 0 Å². The van der Waals surface area contributed by atoms with Crippen LogP contribution in [-0.2, 0) is 9.53 Å².